The van der Waals surface area contributed by atoms with Gasteiger partial charge in [-0.05, 0) is 13.8 Å². The summed E-state index contributed by atoms with van der Waals surface area (Å²) in [6, 6.07) is 0. The molecule has 1 amide bonds. The van der Waals surface area contributed by atoms with Crippen molar-refractivity contribution in [1.29, 1.82) is 0 Å². The van der Waals surface area contributed by atoms with Crippen molar-refractivity contribution in [1.82, 2.24) is 10.2 Å². The average Bonchev–Trinajstić information content (AvgIpc) is 2.04. The molecular formula is C9H20N2O2. The maximum atomic E-state index is 11.1. The minimum Gasteiger partial charge on any atom is -0.377 e. The van der Waals surface area contributed by atoms with Gasteiger partial charge in [0.2, 0.25) is 5.91 Å². The second-order valence-corrected chi connectivity index (χ2v) is 3.86. The molecule has 1 N–H and O–H groups in total. The van der Waals surface area contributed by atoms with Crippen LogP contribution in [0, 0.1) is 0 Å². The molecule has 0 unspecified atom stereocenters. The lowest BCUT2D eigenvalue weighted by molar-refractivity contribution is -0.127. The predicted octanol–water partition coefficient (Wildman–Crippen LogP) is 0.0892. The van der Waals surface area contributed by atoms with Gasteiger partial charge in [0.15, 0.2) is 0 Å². The van der Waals surface area contributed by atoms with Gasteiger partial charge in [-0.15, -0.1) is 0 Å². The third kappa shape index (κ3) is 5.60. The lowest BCUT2D eigenvalue weighted by Gasteiger charge is -2.23. The number of hydrogen-bond acceptors (Lipinski definition) is 3. The van der Waals surface area contributed by atoms with Gasteiger partial charge < -0.3 is 15.0 Å². The summed E-state index contributed by atoms with van der Waals surface area (Å²) < 4.78 is 5.19. The Morgan fingerprint density at radius 3 is 2.38 bits per heavy atom. The molecule has 0 aliphatic heterocycles. The van der Waals surface area contributed by atoms with Crippen molar-refractivity contribution in [2.75, 3.05) is 34.3 Å². The Morgan fingerprint density at radius 2 is 2.00 bits per heavy atom. The van der Waals surface area contributed by atoms with Crippen molar-refractivity contribution >= 4 is 5.91 Å². The Labute approximate surface area is 80.2 Å². The van der Waals surface area contributed by atoms with Crippen LogP contribution in [0.15, 0.2) is 0 Å². The molecule has 0 saturated carbocycles. The third-order valence-electron chi connectivity index (χ3n) is 1.88. The lowest BCUT2D eigenvalue weighted by Crippen LogP contribution is -2.41. The summed E-state index contributed by atoms with van der Waals surface area (Å²) in [5, 5.41) is 3.04. The molecule has 0 rings (SSSR count). The normalized spacial score (nSPS) is 11.5. The van der Waals surface area contributed by atoms with E-state index in [1.165, 1.54) is 0 Å². The quantitative estimate of drug-likeness (QED) is 0.665. The van der Waals surface area contributed by atoms with Crippen molar-refractivity contribution < 1.29 is 9.53 Å². The van der Waals surface area contributed by atoms with Gasteiger partial charge in [0.05, 0.1) is 12.1 Å². The monoisotopic (exact) mass is 188 g/mol. The number of likely N-dealkylation sites (N-methyl/N-ethyl adjacent to an activating group) is 1. The number of amides is 1. The van der Waals surface area contributed by atoms with E-state index in [2.05, 4.69) is 5.32 Å². The van der Waals surface area contributed by atoms with Crippen molar-refractivity contribution in [2.24, 2.45) is 0 Å². The van der Waals surface area contributed by atoms with Crippen LogP contribution in [-0.2, 0) is 9.53 Å². The lowest BCUT2D eigenvalue weighted by atomic mass is 10.1. The fourth-order valence-corrected chi connectivity index (χ4v) is 0.701. The number of nitrogens with one attached hydrogen (secondary N) is 1. The van der Waals surface area contributed by atoms with Crippen molar-refractivity contribution in [2.45, 2.75) is 19.4 Å². The highest BCUT2D eigenvalue weighted by Gasteiger charge is 2.16. The highest BCUT2D eigenvalue weighted by atomic mass is 16.5. The minimum atomic E-state index is -0.216. The van der Waals surface area contributed by atoms with Gasteiger partial charge in [0, 0.05) is 27.7 Å². The summed E-state index contributed by atoms with van der Waals surface area (Å²) in [6.07, 6.45) is 0. The Morgan fingerprint density at radius 1 is 1.46 bits per heavy atom. The number of methoxy groups -OCH3 is 1. The highest BCUT2D eigenvalue weighted by molar-refractivity contribution is 5.77. The van der Waals surface area contributed by atoms with Crippen molar-refractivity contribution in [3.8, 4) is 0 Å². The standard InChI is InChI=1S/C9H20N2O2/c1-9(2,13-5)7-10-6-8(12)11(3)4/h10H,6-7H2,1-5H3. The van der Waals surface area contributed by atoms with Crippen LogP contribution in [0.2, 0.25) is 0 Å². The summed E-state index contributed by atoms with van der Waals surface area (Å²) in [5.74, 6) is 0.0758. The molecule has 0 fully saturated rings. The van der Waals surface area contributed by atoms with Crippen LogP contribution < -0.4 is 5.32 Å². The smallest absolute Gasteiger partial charge is 0.236 e. The molecular weight excluding hydrogens is 168 g/mol. The van der Waals surface area contributed by atoms with Gasteiger partial charge in [-0.1, -0.05) is 0 Å². The van der Waals surface area contributed by atoms with Crippen LogP contribution in [-0.4, -0.2) is 50.7 Å². The molecule has 0 heterocycles. The van der Waals surface area contributed by atoms with Crippen LogP contribution in [0.4, 0.5) is 0 Å². The second kappa shape index (κ2) is 5.19. The van der Waals surface area contributed by atoms with E-state index < -0.39 is 0 Å². The molecule has 0 bridgehead atoms. The predicted molar refractivity (Wildman–Crippen MR) is 52.7 cm³/mol. The number of nitrogens with zero attached hydrogens (tertiary/aromatic N) is 1. The van der Waals surface area contributed by atoms with Gasteiger partial charge in [-0.25, -0.2) is 0 Å². The number of ether oxygens (including phenoxy) is 1. The molecule has 4 nitrogen and oxygen atoms in total. The number of carbonyl (C=O) groups excluding carboxylic acids is 1. The first-order chi connectivity index (χ1) is 5.89. The molecule has 0 saturated heterocycles. The molecule has 0 radical (unpaired) electrons. The highest BCUT2D eigenvalue weighted by Crippen LogP contribution is 2.04. The molecule has 0 aromatic heterocycles. The zero-order valence-electron chi connectivity index (χ0n) is 9.18. The molecule has 13 heavy (non-hydrogen) atoms. The van der Waals surface area contributed by atoms with Crippen LogP contribution >= 0.6 is 0 Å². The summed E-state index contributed by atoms with van der Waals surface area (Å²) in [5.41, 5.74) is -0.216. The van der Waals surface area contributed by atoms with E-state index in [1.807, 2.05) is 13.8 Å². The molecule has 0 aliphatic rings. The van der Waals surface area contributed by atoms with E-state index in [9.17, 15) is 4.79 Å². The number of rotatable bonds is 5. The van der Waals surface area contributed by atoms with Gasteiger partial charge in [-0.2, -0.15) is 0 Å². The molecule has 4 heteroatoms. The van der Waals surface area contributed by atoms with Gasteiger partial charge in [0.25, 0.3) is 0 Å². The van der Waals surface area contributed by atoms with E-state index in [4.69, 9.17) is 4.74 Å². The molecule has 0 aromatic rings. The minimum absolute atomic E-state index is 0.0758. The number of hydrogen-bond donors (Lipinski definition) is 1. The first-order valence-electron chi connectivity index (χ1n) is 4.35. The molecule has 0 spiro atoms. The molecule has 0 aliphatic carbocycles. The average molecular weight is 188 g/mol. The van der Waals surface area contributed by atoms with Crippen molar-refractivity contribution in [3.63, 3.8) is 0 Å². The fraction of sp³-hybridized carbons (Fsp3) is 0.889. The van der Waals surface area contributed by atoms with E-state index in [1.54, 1.807) is 26.1 Å². The SMILES string of the molecule is COC(C)(C)CNCC(=O)N(C)C. The maximum Gasteiger partial charge on any atom is 0.236 e. The Balaban J connectivity index is 3.62. The van der Waals surface area contributed by atoms with Gasteiger partial charge >= 0.3 is 0 Å². The van der Waals surface area contributed by atoms with E-state index in [0.717, 1.165) is 0 Å². The van der Waals surface area contributed by atoms with Crippen LogP contribution in [0.1, 0.15) is 13.8 Å². The number of carbonyl (C=O) groups is 1. The molecule has 0 aromatic carbocycles. The zero-order chi connectivity index (χ0) is 10.5. The Bertz CT molecular complexity index is 167. The molecule has 78 valence electrons. The summed E-state index contributed by atoms with van der Waals surface area (Å²) >= 11 is 0. The van der Waals surface area contributed by atoms with E-state index >= 15 is 0 Å². The zero-order valence-corrected chi connectivity index (χ0v) is 9.18. The van der Waals surface area contributed by atoms with E-state index in [-0.39, 0.29) is 11.5 Å². The Hall–Kier alpha value is -0.610. The Kier molecular flexibility index (Phi) is 4.95. The summed E-state index contributed by atoms with van der Waals surface area (Å²) in [4.78, 5) is 12.7. The third-order valence-corrected chi connectivity index (χ3v) is 1.88. The van der Waals surface area contributed by atoms with E-state index in [0.29, 0.717) is 13.1 Å². The van der Waals surface area contributed by atoms with Crippen LogP contribution in [0.5, 0.6) is 0 Å². The second-order valence-electron chi connectivity index (χ2n) is 3.86. The van der Waals surface area contributed by atoms with Gasteiger partial charge in [0.1, 0.15) is 0 Å². The van der Waals surface area contributed by atoms with Crippen LogP contribution in [0.3, 0.4) is 0 Å². The first kappa shape index (κ1) is 12.4. The fourth-order valence-electron chi connectivity index (χ4n) is 0.701. The maximum absolute atomic E-state index is 11.1. The first-order valence-corrected chi connectivity index (χ1v) is 4.35. The summed E-state index contributed by atoms with van der Waals surface area (Å²) in [7, 11) is 5.15. The van der Waals surface area contributed by atoms with Crippen molar-refractivity contribution in [3.05, 3.63) is 0 Å². The summed E-state index contributed by atoms with van der Waals surface area (Å²) in [6.45, 7) is 4.98. The largest absolute Gasteiger partial charge is 0.377 e. The van der Waals surface area contributed by atoms with Gasteiger partial charge in [-0.3, -0.25) is 4.79 Å². The van der Waals surface area contributed by atoms with Crippen LogP contribution in [0.25, 0.3) is 0 Å². The topological polar surface area (TPSA) is 41.6 Å². The molecule has 0 atom stereocenters.